The summed E-state index contributed by atoms with van der Waals surface area (Å²) in [6, 6.07) is 16.3. The molecule has 0 aliphatic carbocycles. The van der Waals surface area contributed by atoms with Crippen LogP contribution in [0.15, 0.2) is 42.5 Å². The van der Waals surface area contributed by atoms with Crippen LogP contribution in [0.2, 0.25) is 0 Å². The summed E-state index contributed by atoms with van der Waals surface area (Å²) < 4.78 is 13.6. The molecule has 9 heteroatoms. The van der Waals surface area contributed by atoms with Crippen molar-refractivity contribution in [2.24, 2.45) is 0 Å². The number of rotatable bonds is 4. The summed E-state index contributed by atoms with van der Waals surface area (Å²) in [5.74, 6) is 1.78. The Hall–Kier alpha value is -4.24. The van der Waals surface area contributed by atoms with Gasteiger partial charge in [0.25, 0.3) is 0 Å². The van der Waals surface area contributed by atoms with Gasteiger partial charge < -0.3 is 14.7 Å². The lowest BCUT2D eigenvalue weighted by atomic mass is 10.1. The molecule has 3 aromatic rings. The van der Waals surface area contributed by atoms with E-state index in [1.54, 1.807) is 24.3 Å². The molecule has 0 bridgehead atoms. The van der Waals surface area contributed by atoms with Crippen molar-refractivity contribution in [2.75, 3.05) is 40.9 Å². The van der Waals surface area contributed by atoms with Gasteiger partial charge in [0.1, 0.15) is 35.3 Å². The van der Waals surface area contributed by atoms with Crippen LogP contribution in [-0.4, -0.2) is 53.2 Å². The van der Waals surface area contributed by atoms with Crippen molar-refractivity contribution in [3.05, 3.63) is 59.5 Å². The maximum absolute atomic E-state index is 13.6. The minimum atomic E-state index is -0.281. The first kappa shape index (κ1) is 23.5. The fourth-order valence-electron chi connectivity index (χ4n) is 5.03. The number of anilines is 3. The molecule has 36 heavy (non-hydrogen) atoms. The molecular formula is C27H27FN8. The van der Waals surface area contributed by atoms with Gasteiger partial charge in [-0.3, -0.25) is 0 Å². The highest BCUT2D eigenvalue weighted by Gasteiger charge is 2.30. The van der Waals surface area contributed by atoms with Crippen molar-refractivity contribution in [3.8, 4) is 23.4 Å². The molecule has 0 radical (unpaired) electrons. The van der Waals surface area contributed by atoms with Crippen LogP contribution < -0.4 is 14.7 Å². The molecule has 2 fully saturated rings. The second-order valence-corrected chi connectivity index (χ2v) is 9.38. The molecule has 1 aromatic carbocycles. The Morgan fingerprint density at radius 3 is 2.36 bits per heavy atom. The predicted octanol–water partition coefficient (Wildman–Crippen LogP) is 4.12. The number of piperazine rings is 1. The van der Waals surface area contributed by atoms with E-state index < -0.39 is 0 Å². The van der Waals surface area contributed by atoms with E-state index in [1.165, 1.54) is 12.1 Å². The van der Waals surface area contributed by atoms with Gasteiger partial charge in [0.15, 0.2) is 0 Å². The molecule has 4 heterocycles. The van der Waals surface area contributed by atoms with Crippen molar-refractivity contribution in [1.82, 2.24) is 15.0 Å². The summed E-state index contributed by atoms with van der Waals surface area (Å²) in [6.07, 6.45) is 2.20. The number of hydrogen-bond donors (Lipinski definition) is 0. The SMILES string of the molecule is CC1CN(c2nc(C#N)ccc2C#N)CCN1c1cc(-c2ccc(F)cc2)nc(N2CCCC2C)n1. The standard InChI is InChI=1S/C27H27FN8/c1-18-4-3-11-36(18)27-32-24(20-5-8-22(28)9-6-20)14-25(33-27)35-13-12-34(17-19(35)2)26-21(15-29)7-10-23(16-30)31-26/h5-10,14,18-19H,3-4,11-13,17H2,1-2H3. The highest BCUT2D eigenvalue weighted by atomic mass is 19.1. The van der Waals surface area contributed by atoms with Crippen LogP contribution in [0.25, 0.3) is 11.3 Å². The number of benzene rings is 1. The minimum Gasteiger partial charge on any atom is -0.352 e. The lowest BCUT2D eigenvalue weighted by Gasteiger charge is -2.41. The van der Waals surface area contributed by atoms with Gasteiger partial charge in [0.05, 0.1) is 11.3 Å². The van der Waals surface area contributed by atoms with Crippen molar-refractivity contribution in [1.29, 1.82) is 10.5 Å². The van der Waals surface area contributed by atoms with Gasteiger partial charge in [-0.25, -0.2) is 14.4 Å². The number of pyridine rings is 1. The Balaban J connectivity index is 1.47. The van der Waals surface area contributed by atoms with Crippen molar-refractivity contribution in [2.45, 2.75) is 38.8 Å². The molecule has 2 unspecified atom stereocenters. The summed E-state index contributed by atoms with van der Waals surface area (Å²) in [6.45, 7) is 7.14. The van der Waals surface area contributed by atoms with Crippen LogP contribution in [0, 0.1) is 28.5 Å². The van der Waals surface area contributed by atoms with Crippen molar-refractivity contribution in [3.63, 3.8) is 0 Å². The van der Waals surface area contributed by atoms with Crippen LogP contribution in [0.3, 0.4) is 0 Å². The summed E-state index contributed by atoms with van der Waals surface area (Å²) >= 11 is 0. The lowest BCUT2D eigenvalue weighted by Crippen LogP contribution is -2.53. The van der Waals surface area contributed by atoms with E-state index in [0.717, 1.165) is 36.5 Å². The van der Waals surface area contributed by atoms with Crippen LogP contribution in [0.5, 0.6) is 0 Å². The van der Waals surface area contributed by atoms with Crippen molar-refractivity contribution < 1.29 is 4.39 Å². The molecule has 2 aliphatic heterocycles. The number of nitrogens with zero attached hydrogens (tertiary/aromatic N) is 8. The Morgan fingerprint density at radius 2 is 1.69 bits per heavy atom. The molecule has 0 N–H and O–H groups in total. The largest absolute Gasteiger partial charge is 0.352 e. The van der Waals surface area contributed by atoms with E-state index >= 15 is 0 Å². The minimum absolute atomic E-state index is 0.0673. The zero-order chi connectivity index (χ0) is 25.2. The predicted molar refractivity (Wildman–Crippen MR) is 136 cm³/mol. The third-order valence-corrected chi connectivity index (χ3v) is 6.98. The Bertz CT molecular complexity index is 1340. The van der Waals surface area contributed by atoms with E-state index in [1.807, 2.05) is 6.07 Å². The smallest absolute Gasteiger partial charge is 0.228 e. The molecule has 2 saturated heterocycles. The van der Waals surface area contributed by atoms with E-state index in [4.69, 9.17) is 9.97 Å². The maximum atomic E-state index is 13.6. The molecule has 0 saturated carbocycles. The van der Waals surface area contributed by atoms with Gasteiger partial charge in [-0.1, -0.05) is 0 Å². The van der Waals surface area contributed by atoms with Gasteiger partial charge in [-0.05, 0) is 63.1 Å². The molecule has 0 amide bonds. The average molecular weight is 483 g/mol. The third-order valence-electron chi connectivity index (χ3n) is 6.98. The Labute approximate surface area is 210 Å². The topological polar surface area (TPSA) is 96.0 Å². The monoisotopic (exact) mass is 482 g/mol. The Morgan fingerprint density at radius 1 is 0.889 bits per heavy atom. The summed E-state index contributed by atoms with van der Waals surface area (Å²) in [5.41, 5.74) is 2.36. The fraction of sp³-hybridized carbons (Fsp3) is 0.370. The van der Waals surface area contributed by atoms with E-state index in [-0.39, 0.29) is 11.9 Å². The number of hydrogen-bond acceptors (Lipinski definition) is 8. The van der Waals surface area contributed by atoms with Gasteiger partial charge in [-0.2, -0.15) is 15.5 Å². The molecule has 5 rings (SSSR count). The highest BCUT2D eigenvalue weighted by Crippen LogP contribution is 2.31. The first-order valence-corrected chi connectivity index (χ1v) is 12.2. The summed E-state index contributed by atoms with van der Waals surface area (Å²) in [7, 11) is 0. The normalized spacial score (nSPS) is 19.8. The fourth-order valence-corrected chi connectivity index (χ4v) is 5.03. The quantitative estimate of drug-likeness (QED) is 0.548. The van der Waals surface area contributed by atoms with Crippen molar-refractivity contribution >= 4 is 17.6 Å². The molecular weight excluding hydrogens is 455 g/mol. The zero-order valence-electron chi connectivity index (χ0n) is 20.4. The molecule has 2 aromatic heterocycles. The van der Waals surface area contributed by atoms with E-state index in [2.05, 4.69) is 45.7 Å². The Kier molecular flexibility index (Phi) is 6.39. The second kappa shape index (κ2) is 9.79. The molecule has 2 aliphatic rings. The second-order valence-electron chi connectivity index (χ2n) is 9.38. The number of nitriles is 2. The average Bonchev–Trinajstić information content (AvgIpc) is 3.34. The third kappa shape index (κ3) is 4.52. The first-order chi connectivity index (χ1) is 17.5. The molecule has 182 valence electrons. The highest BCUT2D eigenvalue weighted by molar-refractivity contribution is 5.66. The van der Waals surface area contributed by atoms with Crippen LogP contribution in [-0.2, 0) is 0 Å². The lowest BCUT2D eigenvalue weighted by molar-refractivity contribution is 0.541. The van der Waals surface area contributed by atoms with Gasteiger partial charge in [-0.15, -0.1) is 0 Å². The van der Waals surface area contributed by atoms with E-state index in [9.17, 15) is 14.9 Å². The summed E-state index contributed by atoms with van der Waals surface area (Å²) in [4.78, 5) is 20.8. The molecule has 0 spiro atoms. The van der Waals surface area contributed by atoms with Gasteiger partial charge >= 0.3 is 0 Å². The van der Waals surface area contributed by atoms with E-state index in [0.29, 0.717) is 48.7 Å². The molecule has 8 nitrogen and oxygen atoms in total. The maximum Gasteiger partial charge on any atom is 0.228 e. The number of halogens is 1. The van der Waals surface area contributed by atoms with Crippen LogP contribution in [0.4, 0.5) is 22.0 Å². The first-order valence-electron chi connectivity index (χ1n) is 12.2. The van der Waals surface area contributed by atoms with Crippen LogP contribution >= 0.6 is 0 Å². The van der Waals surface area contributed by atoms with Gasteiger partial charge in [0, 0.05) is 49.9 Å². The zero-order valence-corrected chi connectivity index (χ0v) is 20.4. The number of aromatic nitrogens is 3. The van der Waals surface area contributed by atoms with Crippen LogP contribution in [0.1, 0.15) is 37.9 Å². The van der Waals surface area contributed by atoms with Gasteiger partial charge in [0.2, 0.25) is 5.95 Å². The molecule has 2 atom stereocenters. The summed E-state index contributed by atoms with van der Waals surface area (Å²) in [5, 5.41) is 18.8.